The van der Waals surface area contributed by atoms with Crippen molar-refractivity contribution in [1.29, 1.82) is 0 Å². The van der Waals surface area contributed by atoms with Crippen molar-refractivity contribution in [3.63, 3.8) is 0 Å². The lowest BCUT2D eigenvalue weighted by Gasteiger charge is -2.25. The first-order valence-corrected chi connectivity index (χ1v) is 8.75. The zero-order chi connectivity index (χ0) is 16.4. The maximum Gasteiger partial charge on any atom is 0.241 e. The highest BCUT2D eigenvalue weighted by atomic mass is 35.6. The van der Waals surface area contributed by atoms with Gasteiger partial charge in [0.2, 0.25) is 13.8 Å². The molecule has 0 heterocycles. The maximum absolute atomic E-state index is 12.4. The van der Waals surface area contributed by atoms with Crippen molar-refractivity contribution in [3.8, 4) is 5.75 Å². The van der Waals surface area contributed by atoms with Gasteiger partial charge in [-0.25, -0.2) is 8.42 Å². The Morgan fingerprint density at radius 2 is 1.50 bits per heavy atom. The van der Waals surface area contributed by atoms with E-state index >= 15 is 0 Å². The summed E-state index contributed by atoms with van der Waals surface area (Å²) in [5.74, 6) is 0.0257. The SMILES string of the molecule is O=S(=O)(NC(c1ccc(O)cc1)C(Cl)(Cl)Cl)c1ccccc1. The van der Waals surface area contributed by atoms with Crippen LogP contribution in [0.15, 0.2) is 59.5 Å². The summed E-state index contributed by atoms with van der Waals surface area (Å²) in [7, 11) is -3.87. The van der Waals surface area contributed by atoms with E-state index < -0.39 is 19.9 Å². The Morgan fingerprint density at radius 1 is 0.955 bits per heavy atom. The van der Waals surface area contributed by atoms with Crippen LogP contribution in [0.3, 0.4) is 0 Å². The largest absolute Gasteiger partial charge is 0.508 e. The van der Waals surface area contributed by atoms with Gasteiger partial charge in [-0.05, 0) is 29.8 Å². The summed E-state index contributed by atoms with van der Waals surface area (Å²) in [6.07, 6.45) is 0. The third-order valence-electron chi connectivity index (χ3n) is 2.88. The number of phenols is 1. The molecule has 2 aromatic carbocycles. The summed E-state index contributed by atoms with van der Waals surface area (Å²) in [5.41, 5.74) is 0.414. The van der Waals surface area contributed by atoms with Gasteiger partial charge < -0.3 is 5.11 Å². The van der Waals surface area contributed by atoms with E-state index in [0.29, 0.717) is 5.56 Å². The molecule has 118 valence electrons. The Labute approximate surface area is 143 Å². The van der Waals surface area contributed by atoms with Gasteiger partial charge in [0.15, 0.2) is 0 Å². The normalized spacial score (nSPS) is 13.8. The minimum atomic E-state index is -3.87. The van der Waals surface area contributed by atoms with E-state index in [9.17, 15) is 13.5 Å². The third-order valence-corrected chi connectivity index (χ3v) is 4.97. The Kier molecular flexibility index (Phi) is 5.25. The summed E-state index contributed by atoms with van der Waals surface area (Å²) in [6, 6.07) is 12.4. The second kappa shape index (κ2) is 6.64. The third kappa shape index (κ3) is 4.27. The lowest BCUT2D eigenvalue weighted by atomic mass is 10.1. The predicted octanol–water partition coefficient (Wildman–Crippen LogP) is 3.78. The van der Waals surface area contributed by atoms with Gasteiger partial charge in [0.1, 0.15) is 5.75 Å². The van der Waals surface area contributed by atoms with Crippen LogP contribution >= 0.6 is 34.8 Å². The van der Waals surface area contributed by atoms with Crippen LogP contribution in [0.1, 0.15) is 11.6 Å². The molecule has 0 saturated heterocycles. The summed E-state index contributed by atoms with van der Waals surface area (Å²) in [6.45, 7) is 0. The van der Waals surface area contributed by atoms with Crippen molar-refractivity contribution >= 4 is 44.8 Å². The molecular formula is C14H12Cl3NO3S. The average molecular weight is 381 g/mol. The van der Waals surface area contributed by atoms with E-state index in [2.05, 4.69) is 4.72 Å². The van der Waals surface area contributed by atoms with Crippen LogP contribution in [0.2, 0.25) is 0 Å². The standard InChI is InChI=1S/C14H12Cl3NO3S/c15-14(16,17)13(10-6-8-11(19)9-7-10)18-22(20,21)12-4-2-1-3-5-12/h1-9,13,18-19H. The summed E-state index contributed by atoms with van der Waals surface area (Å²) in [4.78, 5) is 0.0630. The lowest BCUT2D eigenvalue weighted by molar-refractivity contribution is 0.474. The quantitative estimate of drug-likeness (QED) is 0.793. The summed E-state index contributed by atoms with van der Waals surface area (Å²) < 4.78 is 25.3. The van der Waals surface area contributed by atoms with Crippen molar-refractivity contribution in [2.75, 3.05) is 0 Å². The van der Waals surface area contributed by atoms with Crippen molar-refractivity contribution in [1.82, 2.24) is 4.72 Å². The molecular weight excluding hydrogens is 369 g/mol. The van der Waals surface area contributed by atoms with Crippen molar-refractivity contribution in [2.45, 2.75) is 14.7 Å². The van der Waals surface area contributed by atoms with Crippen LogP contribution in [-0.4, -0.2) is 17.3 Å². The predicted molar refractivity (Wildman–Crippen MR) is 87.9 cm³/mol. The first kappa shape index (κ1) is 17.4. The molecule has 2 rings (SSSR count). The van der Waals surface area contributed by atoms with Crippen LogP contribution in [0.5, 0.6) is 5.75 Å². The number of phenolic OH excluding ortho intramolecular Hbond substituents is 1. The Bertz CT molecular complexity index is 728. The number of aromatic hydroxyl groups is 1. The van der Waals surface area contributed by atoms with E-state index in [0.717, 1.165) is 0 Å². The second-order valence-electron chi connectivity index (χ2n) is 4.50. The number of hydrogen-bond donors (Lipinski definition) is 2. The molecule has 0 radical (unpaired) electrons. The zero-order valence-corrected chi connectivity index (χ0v) is 14.2. The van der Waals surface area contributed by atoms with Gasteiger partial charge in [-0.15, -0.1) is 0 Å². The minimum absolute atomic E-state index is 0.0257. The molecule has 2 N–H and O–H groups in total. The van der Waals surface area contributed by atoms with Gasteiger partial charge in [0, 0.05) is 0 Å². The fourth-order valence-corrected chi connectivity index (χ4v) is 3.82. The number of benzene rings is 2. The minimum Gasteiger partial charge on any atom is -0.508 e. The number of halogens is 3. The highest BCUT2D eigenvalue weighted by molar-refractivity contribution is 7.89. The molecule has 0 bridgehead atoms. The molecule has 1 atom stereocenters. The molecule has 0 fully saturated rings. The molecule has 8 heteroatoms. The maximum atomic E-state index is 12.4. The first-order valence-electron chi connectivity index (χ1n) is 6.13. The van der Waals surface area contributed by atoms with Crippen LogP contribution < -0.4 is 4.72 Å². The second-order valence-corrected chi connectivity index (χ2v) is 8.58. The van der Waals surface area contributed by atoms with Crippen molar-refractivity contribution < 1.29 is 13.5 Å². The van der Waals surface area contributed by atoms with Crippen LogP contribution in [0, 0.1) is 0 Å². The van der Waals surface area contributed by atoms with Crippen LogP contribution in [-0.2, 0) is 10.0 Å². The summed E-state index contributed by atoms with van der Waals surface area (Å²) in [5, 5.41) is 9.31. The van der Waals surface area contributed by atoms with Crippen molar-refractivity contribution in [3.05, 3.63) is 60.2 Å². The van der Waals surface area contributed by atoms with Gasteiger partial charge in [-0.1, -0.05) is 65.1 Å². The van der Waals surface area contributed by atoms with E-state index in [1.54, 1.807) is 18.2 Å². The van der Waals surface area contributed by atoms with Gasteiger partial charge in [-0.3, -0.25) is 0 Å². The van der Waals surface area contributed by atoms with E-state index in [1.807, 2.05) is 0 Å². The molecule has 0 aliphatic heterocycles. The molecule has 0 amide bonds. The number of sulfonamides is 1. The fourth-order valence-electron chi connectivity index (χ4n) is 1.81. The zero-order valence-electron chi connectivity index (χ0n) is 11.1. The molecule has 0 aliphatic rings. The Hall–Kier alpha value is -0.980. The molecule has 0 spiro atoms. The van der Waals surface area contributed by atoms with E-state index in [-0.39, 0.29) is 10.6 Å². The van der Waals surface area contributed by atoms with Crippen LogP contribution in [0.25, 0.3) is 0 Å². The molecule has 1 unspecified atom stereocenters. The monoisotopic (exact) mass is 379 g/mol. The Balaban J connectivity index is 2.38. The number of nitrogens with one attached hydrogen (secondary N) is 1. The first-order chi connectivity index (χ1) is 10.2. The highest BCUT2D eigenvalue weighted by Crippen LogP contribution is 2.41. The smallest absolute Gasteiger partial charge is 0.241 e. The number of rotatable bonds is 4. The van der Waals surface area contributed by atoms with Gasteiger partial charge in [0.25, 0.3) is 0 Å². The molecule has 4 nitrogen and oxygen atoms in total. The number of alkyl halides is 3. The lowest BCUT2D eigenvalue weighted by Crippen LogP contribution is -2.36. The van der Waals surface area contributed by atoms with E-state index in [4.69, 9.17) is 34.8 Å². The Morgan fingerprint density at radius 3 is 2.00 bits per heavy atom. The highest BCUT2D eigenvalue weighted by Gasteiger charge is 2.37. The van der Waals surface area contributed by atoms with Gasteiger partial charge >= 0.3 is 0 Å². The summed E-state index contributed by atoms with van der Waals surface area (Å²) >= 11 is 17.7. The molecule has 2 aromatic rings. The van der Waals surface area contributed by atoms with Gasteiger partial charge in [-0.2, -0.15) is 4.72 Å². The van der Waals surface area contributed by atoms with Crippen LogP contribution in [0.4, 0.5) is 0 Å². The fraction of sp³-hybridized carbons (Fsp3) is 0.143. The molecule has 0 aromatic heterocycles. The van der Waals surface area contributed by atoms with E-state index in [1.165, 1.54) is 36.4 Å². The molecule has 0 aliphatic carbocycles. The van der Waals surface area contributed by atoms with Crippen molar-refractivity contribution in [2.24, 2.45) is 0 Å². The average Bonchev–Trinajstić information content (AvgIpc) is 2.46. The van der Waals surface area contributed by atoms with Gasteiger partial charge in [0.05, 0.1) is 10.9 Å². The molecule has 22 heavy (non-hydrogen) atoms. The topological polar surface area (TPSA) is 66.4 Å². The number of hydrogen-bond acceptors (Lipinski definition) is 3. The molecule has 0 saturated carbocycles.